The van der Waals surface area contributed by atoms with E-state index in [0.29, 0.717) is 25.3 Å². The number of hydrogen-bond acceptors (Lipinski definition) is 3. The smallest absolute Gasteiger partial charge is 0.271 e. The first-order valence-electron chi connectivity index (χ1n) is 9.23. The highest BCUT2D eigenvalue weighted by Gasteiger charge is 2.30. The number of aromatic nitrogens is 1. The quantitative estimate of drug-likeness (QED) is 0.611. The summed E-state index contributed by atoms with van der Waals surface area (Å²) in [6, 6.07) is 12.3. The molecule has 1 aliphatic rings. The Hall–Kier alpha value is -2.41. The molecule has 0 aliphatic carbocycles. The minimum Gasteiger partial charge on any atom is -0.350 e. The minimum absolute atomic E-state index is 0. The fraction of sp³-hybridized carbons (Fsp3) is 0.286. The zero-order valence-electron chi connectivity index (χ0n) is 15.5. The summed E-state index contributed by atoms with van der Waals surface area (Å²) >= 11 is 0. The van der Waals surface area contributed by atoms with Gasteiger partial charge in [0, 0.05) is 35.6 Å². The Kier molecular flexibility index (Phi) is 6.03. The van der Waals surface area contributed by atoms with Gasteiger partial charge in [0.15, 0.2) is 0 Å². The number of fused-ring (bicyclic) bond motifs is 5. The highest BCUT2D eigenvalue weighted by atomic mass is 35.5. The molecule has 0 saturated heterocycles. The average Bonchev–Trinajstić information content (AvgIpc) is 3.01. The number of carbonyl (C=O) groups is 1. The topological polar surface area (TPSA) is 88.1 Å². The van der Waals surface area contributed by atoms with E-state index >= 15 is 0 Å². The molecule has 28 heavy (non-hydrogen) atoms. The molecule has 1 amide bonds. The van der Waals surface area contributed by atoms with E-state index in [1.165, 1.54) is 12.1 Å². The Balaban J connectivity index is 0.00000225. The normalized spacial score (nSPS) is 14.2. The molecule has 0 saturated carbocycles. The molecule has 0 fully saturated rings. The van der Waals surface area contributed by atoms with Gasteiger partial charge in [-0.25, -0.2) is 4.39 Å². The van der Waals surface area contributed by atoms with Crippen molar-refractivity contribution in [2.45, 2.75) is 25.4 Å². The van der Waals surface area contributed by atoms with Crippen molar-refractivity contribution in [3.63, 3.8) is 0 Å². The van der Waals surface area contributed by atoms with Crippen LogP contribution in [-0.4, -0.2) is 34.9 Å². The van der Waals surface area contributed by atoms with E-state index in [1.807, 2.05) is 24.3 Å². The number of benzene rings is 2. The van der Waals surface area contributed by atoms with Crippen LogP contribution in [0.5, 0.6) is 0 Å². The summed E-state index contributed by atoms with van der Waals surface area (Å²) in [5.74, 6) is -0.425. The molecule has 2 aromatic carbocycles. The minimum atomic E-state index is -0.314. The van der Waals surface area contributed by atoms with Crippen molar-refractivity contribution >= 4 is 29.2 Å². The van der Waals surface area contributed by atoms with Gasteiger partial charge in [0.1, 0.15) is 11.5 Å². The molecule has 3 aromatic rings. The number of nitrogens with zero attached hydrogens (tertiary/aromatic N) is 1. The van der Waals surface area contributed by atoms with E-state index in [0.717, 1.165) is 40.4 Å². The maximum atomic E-state index is 14.0. The predicted molar refractivity (Wildman–Crippen MR) is 112 cm³/mol. The molecule has 0 radical (unpaired) electrons. The maximum absolute atomic E-state index is 14.0. The van der Waals surface area contributed by atoms with E-state index in [9.17, 15) is 9.18 Å². The van der Waals surface area contributed by atoms with Crippen LogP contribution in [0.4, 0.5) is 4.39 Å². The number of halogens is 2. The van der Waals surface area contributed by atoms with Crippen LogP contribution in [-0.2, 0) is 6.54 Å². The van der Waals surface area contributed by atoms with Crippen LogP contribution in [0, 0.1) is 5.82 Å². The van der Waals surface area contributed by atoms with Crippen molar-refractivity contribution < 1.29 is 9.18 Å². The van der Waals surface area contributed by atoms with Gasteiger partial charge in [-0.05, 0) is 48.7 Å². The van der Waals surface area contributed by atoms with Gasteiger partial charge in [-0.15, -0.1) is 12.4 Å². The standard InChI is InChI=1S/C21H23FN4O.ClH/c22-14-8-7-13-11-26(12-15(24)4-3-9-23)21(27)20-19(17(13)10-14)16-5-1-2-6-18(16)25-20;/h1-2,5-8,10,15,25H,3-4,9,11-12,23-24H2;1H/t15-;/m0./s1. The molecule has 0 bridgehead atoms. The molecule has 5 N–H and O–H groups in total. The Morgan fingerprint density at radius 1 is 1.21 bits per heavy atom. The van der Waals surface area contributed by atoms with Crippen molar-refractivity contribution in [1.29, 1.82) is 0 Å². The molecule has 0 unspecified atom stereocenters. The fourth-order valence-electron chi connectivity index (χ4n) is 3.84. The second-order valence-electron chi connectivity index (χ2n) is 7.10. The molecule has 5 nitrogen and oxygen atoms in total. The molecule has 1 aliphatic heterocycles. The molecular formula is C21H24ClFN4O. The number of hydrogen-bond donors (Lipinski definition) is 3. The number of carbonyl (C=O) groups excluding carboxylic acids is 1. The monoisotopic (exact) mass is 402 g/mol. The Labute approximate surface area is 169 Å². The lowest BCUT2D eigenvalue weighted by Crippen LogP contribution is -2.40. The van der Waals surface area contributed by atoms with E-state index < -0.39 is 0 Å². The zero-order valence-corrected chi connectivity index (χ0v) is 16.3. The molecular weight excluding hydrogens is 379 g/mol. The van der Waals surface area contributed by atoms with Crippen molar-refractivity contribution in [3.8, 4) is 11.1 Å². The Morgan fingerprint density at radius 3 is 2.79 bits per heavy atom. The lowest BCUT2D eigenvalue weighted by Gasteiger charge is -2.24. The van der Waals surface area contributed by atoms with E-state index in [1.54, 1.807) is 11.0 Å². The van der Waals surface area contributed by atoms with Crippen LogP contribution >= 0.6 is 12.4 Å². The predicted octanol–water partition coefficient (Wildman–Crippen LogP) is 3.42. The first kappa shape index (κ1) is 20.3. The number of nitrogens with two attached hydrogens (primary N) is 2. The number of amides is 1. The van der Waals surface area contributed by atoms with Crippen LogP contribution in [0.1, 0.15) is 28.9 Å². The van der Waals surface area contributed by atoms with Gasteiger partial charge in [-0.3, -0.25) is 4.79 Å². The first-order chi connectivity index (χ1) is 13.1. The number of rotatable bonds is 5. The van der Waals surface area contributed by atoms with Crippen molar-refractivity contribution in [2.75, 3.05) is 13.1 Å². The number of aromatic amines is 1. The van der Waals surface area contributed by atoms with Gasteiger partial charge in [-0.1, -0.05) is 24.3 Å². The van der Waals surface area contributed by atoms with Crippen molar-refractivity contribution in [2.24, 2.45) is 11.5 Å². The van der Waals surface area contributed by atoms with Gasteiger partial charge < -0.3 is 21.4 Å². The lowest BCUT2D eigenvalue weighted by molar-refractivity contribution is 0.0729. The number of para-hydroxylation sites is 1. The summed E-state index contributed by atoms with van der Waals surface area (Å²) in [5, 5.41) is 0.919. The summed E-state index contributed by atoms with van der Waals surface area (Å²) in [6.45, 7) is 1.42. The first-order valence-corrected chi connectivity index (χ1v) is 9.23. The maximum Gasteiger partial charge on any atom is 0.271 e. The van der Waals surface area contributed by atoms with E-state index in [-0.39, 0.29) is 30.2 Å². The SMILES string of the molecule is Cl.NCCC[C@H](N)CN1Cc2ccc(F)cc2-c2c([nH]c3ccccc23)C1=O. The zero-order chi connectivity index (χ0) is 19.0. The summed E-state index contributed by atoms with van der Waals surface area (Å²) in [4.78, 5) is 18.3. The van der Waals surface area contributed by atoms with Gasteiger partial charge in [0.2, 0.25) is 0 Å². The van der Waals surface area contributed by atoms with Crippen LogP contribution in [0.3, 0.4) is 0 Å². The van der Waals surface area contributed by atoms with Gasteiger partial charge in [0.25, 0.3) is 5.91 Å². The van der Waals surface area contributed by atoms with Crippen LogP contribution in [0.25, 0.3) is 22.0 Å². The molecule has 2 heterocycles. The molecule has 1 atom stereocenters. The second-order valence-corrected chi connectivity index (χ2v) is 7.10. The highest BCUT2D eigenvalue weighted by Crippen LogP contribution is 2.38. The number of H-pyrrole nitrogens is 1. The van der Waals surface area contributed by atoms with E-state index in [4.69, 9.17) is 11.5 Å². The van der Waals surface area contributed by atoms with Crippen LogP contribution in [0.15, 0.2) is 42.5 Å². The lowest BCUT2D eigenvalue weighted by atomic mass is 9.97. The van der Waals surface area contributed by atoms with Gasteiger partial charge >= 0.3 is 0 Å². The Morgan fingerprint density at radius 2 is 2.00 bits per heavy atom. The van der Waals surface area contributed by atoms with Crippen LogP contribution in [0.2, 0.25) is 0 Å². The van der Waals surface area contributed by atoms with Crippen molar-refractivity contribution in [1.82, 2.24) is 9.88 Å². The van der Waals surface area contributed by atoms with Crippen LogP contribution < -0.4 is 11.5 Å². The summed E-state index contributed by atoms with van der Waals surface area (Å²) in [5.41, 5.74) is 15.6. The largest absolute Gasteiger partial charge is 0.350 e. The average molecular weight is 403 g/mol. The summed E-state index contributed by atoms with van der Waals surface area (Å²) in [6.07, 6.45) is 1.58. The fourth-order valence-corrected chi connectivity index (χ4v) is 3.84. The summed E-state index contributed by atoms with van der Waals surface area (Å²) < 4.78 is 14.0. The van der Waals surface area contributed by atoms with Crippen molar-refractivity contribution in [3.05, 3.63) is 59.5 Å². The second kappa shape index (κ2) is 8.31. The third kappa shape index (κ3) is 3.63. The molecule has 7 heteroatoms. The molecule has 0 spiro atoms. The third-order valence-corrected chi connectivity index (χ3v) is 5.14. The Bertz CT molecular complexity index is 1000. The summed E-state index contributed by atoms with van der Waals surface area (Å²) in [7, 11) is 0. The molecule has 4 rings (SSSR count). The molecule has 148 valence electrons. The van der Waals surface area contributed by atoms with Gasteiger partial charge in [-0.2, -0.15) is 0 Å². The van der Waals surface area contributed by atoms with Gasteiger partial charge in [0.05, 0.1) is 0 Å². The van der Waals surface area contributed by atoms with E-state index in [2.05, 4.69) is 4.98 Å². The number of nitrogens with one attached hydrogen (secondary N) is 1. The highest BCUT2D eigenvalue weighted by molar-refractivity contribution is 6.11. The molecule has 1 aromatic heterocycles. The third-order valence-electron chi connectivity index (χ3n) is 5.14.